The molecule has 1 aromatic rings. The molecular weight excluding hydrogens is 193 g/mol. The van der Waals surface area contributed by atoms with Gasteiger partial charge in [0.2, 0.25) is 0 Å². The van der Waals surface area contributed by atoms with Gasteiger partial charge in [-0.3, -0.25) is 4.68 Å². The predicted octanol–water partition coefficient (Wildman–Crippen LogP) is 2.45. The van der Waals surface area contributed by atoms with Crippen LogP contribution in [-0.2, 0) is 13.2 Å². The van der Waals surface area contributed by atoms with Gasteiger partial charge in [0.15, 0.2) is 5.69 Å². The van der Waals surface area contributed by atoms with Crippen LogP contribution < -0.4 is 0 Å². The van der Waals surface area contributed by atoms with Gasteiger partial charge in [-0.2, -0.15) is 18.3 Å². The van der Waals surface area contributed by atoms with Crippen LogP contribution in [0.2, 0.25) is 0 Å². The van der Waals surface area contributed by atoms with Crippen LogP contribution in [0.15, 0.2) is 6.20 Å². The average molecular weight is 204 g/mol. The van der Waals surface area contributed by atoms with E-state index in [1.807, 2.05) is 19.8 Å². The molecule has 0 saturated heterocycles. The molecular formula is C9H11F3N2. The Morgan fingerprint density at radius 1 is 1.43 bits per heavy atom. The molecule has 0 bridgehead atoms. The lowest BCUT2D eigenvalue weighted by atomic mass is 10.2. The zero-order chi connectivity index (χ0) is 11.4. The van der Waals surface area contributed by atoms with Gasteiger partial charge in [0.05, 0.1) is 5.56 Å². The van der Waals surface area contributed by atoms with E-state index in [2.05, 4.69) is 5.10 Å². The molecule has 5 heteroatoms. The molecule has 0 atom stereocenters. The maximum Gasteiger partial charge on any atom is 0.436 e. The Morgan fingerprint density at radius 2 is 1.93 bits per heavy atom. The first kappa shape index (κ1) is 12.6. The second kappa shape index (κ2) is 4.70. The van der Waals surface area contributed by atoms with E-state index in [0.717, 1.165) is 10.9 Å². The largest absolute Gasteiger partial charge is 0.436 e. The maximum atomic E-state index is 12.1. The Morgan fingerprint density at radius 3 is 2.21 bits per heavy atom. The van der Waals surface area contributed by atoms with E-state index in [1.54, 1.807) is 0 Å². The normalized spacial score (nSPS) is 10.1. The topological polar surface area (TPSA) is 17.8 Å². The number of terminal acetylenes is 1. The number of hydrogen-bond donors (Lipinski definition) is 0. The summed E-state index contributed by atoms with van der Waals surface area (Å²) in [7, 11) is 1.38. The Balaban J connectivity index is 0.000000791. The first-order valence-corrected chi connectivity index (χ1v) is 4.02. The van der Waals surface area contributed by atoms with Crippen LogP contribution in [0.4, 0.5) is 13.2 Å². The van der Waals surface area contributed by atoms with Crippen molar-refractivity contribution in [2.45, 2.75) is 20.0 Å². The molecule has 0 aliphatic rings. The Bertz CT molecular complexity index is 331. The van der Waals surface area contributed by atoms with Gasteiger partial charge in [0, 0.05) is 13.2 Å². The molecule has 0 aliphatic heterocycles. The van der Waals surface area contributed by atoms with Crippen molar-refractivity contribution in [3.8, 4) is 12.3 Å². The highest BCUT2D eigenvalue weighted by Gasteiger charge is 2.36. The summed E-state index contributed by atoms with van der Waals surface area (Å²) >= 11 is 0. The van der Waals surface area contributed by atoms with Gasteiger partial charge in [-0.25, -0.2) is 0 Å². The molecule has 0 radical (unpaired) electrons. The Hall–Kier alpha value is -1.44. The summed E-state index contributed by atoms with van der Waals surface area (Å²) in [5.74, 6) is 1.92. The van der Waals surface area contributed by atoms with Crippen molar-refractivity contribution in [3.05, 3.63) is 17.5 Å². The van der Waals surface area contributed by atoms with Crippen LogP contribution in [0.25, 0.3) is 0 Å². The van der Waals surface area contributed by atoms with E-state index in [1.165, 1.54) is 7.05 Å². The third-order valence-electron chi connectivity index (χ3n) is 1.25. The van der Waals surface area contributed by atoms with Crippen LogP contribution in [0.5, 0.6) is 0 Å². The van der Waals surface area contributed by atoms with E-state index in [-0.39, 0.29) is 5.56 Å². The average Bonchev–Trinajstić information content (AvgIpc) is 2.49. The number of nitrogens with zero attached hydrogens (tertiary/aromatic N) is 2. The van der Waals surface area contributed by atoms with Crippen molar-refractivity contribution >= 4 is 0 Å². The first-order chi connectivity index (χ1) is 6.45. The summed E-state index contributed by atoms with van der Waals surface area (Å²) in [5.41, 5.74) is -1.24. The molecule has 1 rings (SSSR count). The van der Waals surface area contributed by atoms with Gasteiger partial charge in [-0.15, -0.1) is 6.42 Å². The molecule has 0 amide bonds. The van der Waals surface area contributed by atoms with Crippen molar-refractivity contribution in [2.75, 3.05) is 0 Å². The van der Waals surface area contributed by atoms with Gasteiger partial charge >= 0.3 is 6.18 Å². The van der Waals surface area contributed by atoms with Crippen molar-refractivity contribution in [2.24, 2.45) is 7.05 Å². The molecule has 0 aromatic carbocycles. The number of rotatable bonds is 0. The third-order valence-corrected chi connectivity index (χ3v) is 1.25. The molecule has 0 saturated carbocycles. The first-order valence-electron chi connectivity index (χ1n) is 4.02. The highest BCUT2D eigenvalue weighted by Crippen LogP contribution is 2.29. The summed E-state index contributed by atoms with van der Waals surface area (Å²) in [5, 5.41) is 3.20. The van der Waals surface area contributed by atoms with Gasteiger partial charge in [-0.1, -0.05) is 19.8 Å². The number of aromatic nitrogens is 2. The molecule has 0 fully saturated rings. The molecule has 0 unspecified atom stereocenters. The summed E-state index contributed by atoms with van der Waals surface area (Å²) < 4.78 is 37.3. The van der Waals surface area contributed by atoms with Crippen molar-refractivity contribution in [3.63, 3.8) is 0 Å². The molecule has 14 heavy (non-hydrogen) atoms. The van der Waals surface area contributed by atoms with Crippen molar-refractivity contribution in [1.29, 1.82) is 0 Å². The van der Waals surface area contributed by atoms with Crippen molar-refractivity contribution < 1.29 is 13.2 Å². The number of aryl methyl sites for hydroxylation is 1. The molecule has 0 aliphatic carbocycles. The molecule has 78 valence electrons. The lowest BCUT2D eigenvalue weighted by Gasteiger charge is -2.01. The standard InChI is InChI=1S/C7H5F3N2.C2H6/c1-3-5-4-12(2)11-6(5)7(8,9)10;1-2/h1,4H,2H3;1-2H3. The molecule has 1 aromatic heterocycles. The van der Waals surface area contributed by atoms with Gasteiger partial charge < -0.3 is 0 Å². The van der Waals surface area contributed by atoms with E-state index < -0.39 is 11.9 Å². The third kappa shape index (κ3) is 2.80. The SMILES string of the molecule is C#Cc1cn(C)nc1C(F)(F)F.CC. The maximum absolute atomic E-state index is 12.1. The number of hydrogen-bond acceptors (Lipinski definition) is 1. The van der Waals surface area contributed by atoms with E-state index in [9.17, 15) is 13.2 Å². The van der Waals surface area contributed by atoms with E-state index in [4.69, 9.17) is 6.42 Å². The summed E-state index contributed by atoms with van der Waals surface area (Å²) in [6.45, 7) is 4.00. The molecule has 0 spiro atoms. The predicted molar refractivity (Wildman–Crippen MR) is 47.5 cm³/mol. The lowest BCUT2D eigenvalue weighted by Crippen LogP contribution is -2.08. The molecule has 1 heterocycles. The second-order valence-electron chi connectivity index (χ2n) is 2.21. The molecule has 2 nitrogen and oxygen atoms in total. The Labute approximate surface area is 80.7 Å². The second-order valence-corrected chi connectivity index (χ2v) is 2.21. The lowest BCUT2D eigenvalue weighted by molar-refractivity contribution is -0.141. The summed E-state index contributed by atoms with van der Waals surface area (Å²) in [4.78, 5) is 0. The molecule has 0 N–H and O–H groups in total. The van der Waals surface area contributed by atoms with Crippen LogP contribution >= 0.6 is 0 Å². The minimum atomic E-state index is -4.47. The van der Waals surface area contributed by atoms with Gasteiger partial charge in [0.25, 0.3) is 0 Å². The summed E-state index contributed by atoms with van der Waals surface area (Å²) in [6.07, 6.45) is 1.54. The highest BCUT2D eigenvalue weighted by atomic mass is 19.4. The van der Waals surface area contributed by atoms with Crippen LogP contribution in [0, 0.1) is 12.3 Å². The van der Waals surface area contributed by atoms with Crippen LogP contribution in [-0.4, -0.2) is 9.78 Å². The van der Waals surface area contributed by atoms with Crippen molar-refractivity contribution in [1.82, 2.24) is 9.78 Å². The van der Waals surface area contributed by atoms with Gasteiger partial charge in [0.1, 0.15) is 0 Å². The van der Waals surface area contributed by atoms with Gasteiger partial charge in [-0.05, 0) is 0 Å². The summed E-state index contributed by atoms with van der Waals surface area (Å²) in [6, 6.07) is 0. The highest BCUT2D eigenvalue weighted by molar-refractivity contribution is 5.35. The van der Waals surface area contributed by atoms with E-state index in [0.29, 0.717) is 0 Å². The number of halogens is 3. The zero-order valence-electron chi connectivity index (χ0n) is 8.18. The van der Waals surface area contributed by atoms with E-state index >= 15 is 0 Å². The fourth-order valence-corrected chi connectivity index (χ4v) is 0.803. The fourth-order valence-electron chi connectivity index (χ4n) is 0.803. The smallest absolute Gasteiger partial charge is 0.274 e. The minimum absolute atomic E-state index is 0.231. The quantitative estimate of drug-likeness (QED) is 0.593. The number of alkyl halides is 3. The fraction of sp³-hybridized carbons (Fsp3) is 0.444. The van der Waals surface area contributed by atoms with Crippen LogP contribution in [0.3, 0.4) is 0 Å². The monoisotopic (exact) mass is 204 g/mol. The zero-order valence-corrected chi connectivity index (χ0v) is 8.18. The minimum Gasteiger partial charge on any atom is -0.274 e. The van der Waals surface area contributed by atoms with Crippen LogP contribution in [0.1, 0.15) is 25.1 Å². The Kier molecular flexibility index (Phi) is 4.22.